The van der Waals surface area contributed by atoms with Gasteiger partial charge in [0.1, 0.15) is 12.2 Å². The maximum Gasteiger partial charge on any atom is 0.420 e. The molecule has 2 amide bonds. The lowest BCUT2D eigenvalue weighted by molar-refractivity contribution is 0.0291. The zero-order valence-electron chi connectivity index (χ0n) is 9.66. The third-order valence-corrected chi connectivity index (χ3v) is 2.45. The molecule has 0 spiro atoms. The van der Waals surface area contributed by atoms with Crippen molar-refractivity contribution >= 4 is 28.1 Å². The fourth-order valence-corrected chi connectivity index (χ4v) is 1.86. The maximum absolute atomic E-state index is 11.7. The molecule has 1 aliphatic rings. The van der Waals surface area contributed by atoms with Gasteiger partial charge in [-0.15, -0.1) is 0 Å². The van der Waals surface area contributed by atoms with Gasteiger partial charge >= 0.3 is 12.2 Å². The van der Waals surface area contributed by atoms with Gasteiger partial charge in [0.25, 0.3) is 0 Å². The van der Waals surface area contributed by atoms with Crippen molar-refractivity contribution in [1.82, 2.24) is 4.90 Å². The Morgan fingerprint density at radius 1 is 1.62 bits per heavy atom. The topological polar surface area (TPSA) is 55.8 Å². The van der Waals surface area contributed by atoms with E-state index in [1.807, 2.05) is 0 Å². The number of cyclic esters (lactones) is 1. The molecule has 0 aromatic heterocycles. The monoisotopic (exact) mass is 293 g/mol. The van der Waals surface area contributed by atoms with Crippen molar-refractivity contribution in [2.45, 2.75) is 38.8 Å². The summed E-state index contributed by atoms with van der Waals surface area (Å²) >= 11 is 3.27. The smallest absolute Gasteiger partial charge is 0.420 e. The molecule has 0 saturated carbocycles. The first kappa shape index (κ1) is 13.3. The summed E-state index contributed by atoms with van der Waals surface area (Å²) in [4.78, 5) is 24.2. The third-order valence-electron chi connectivity index (χ3n) is 1.99. The number of imide groups is 1. The van der Waals surface area contributed by atoms with E-state index >= 15 is 0 Å². The summed E-state index contributed by atoms with van der Waals surface area (Å²) in [5.74, 6) is 0. The van der Waals surface area contributed by atoms with Crippen LogP contribution < -0.4 is 0 Å². The van der Waals surface area contributed by atoms with Crippen LogP contribution in [-0.2, 0) is 9.47 Å². The molecule has 6 heteroatoms. The largest absolute Gasteiger partial charge is 0.447 e. The van der Waals surface area contributed by atoms with Gasteiger partial charge in [-0.2, -0.15) is 0 Å². The number of carbonyl (C=O) groups excluding carboxylic acids is 2. The molecule has 1 heterocycles. The van der Waals surface area contributed by atoms with Crippen molar-refractivity contribution in [1.29, 1.82) is 0 Å². The van der Waals surface area contributed by atoms with E-state index < -0.39 is 17.8 Å². The number of rotatable bonds is 2. The van der Waals surface area contributed by atoms with Crippen molar-refractivity contribution < 1.29 is 19.1 Å². The molecule has 16 heavy (non-hydrogen) atoms. The van der Waals surface area contributed by atoms with Gasteiger partial charge in [-0.05, 0) is 27.2 Å². The highest BCUT2D eigenvalue weighted by atomic mass is 79.9. The summed E-state index contributed by atoms with van der Waals surface area (Å²) in [6.45, 7) is 5.51. The van der Waals surface area contributed by atoms with E-state index in [4.69, 9.17) is 9.47 Å². The third kappa shape index (κ3) is 3.37. The molecule has 1 atom stereocenters. The molecule has 0 unspecified atom stereocenters. The molecule has 0 aliphatic carbocycles. The van der Waals surface area contributed by atoms with E-state index in [0.29, 0.717) is 11.8 Å². The molecule has 5 nitrogen and oxygen atoms in total. The van der Waals surface area contributed by atoms with Gasteiger partial charge < -0.3 is 9.47 Å². The molecule has 0 bridgehead atoms. The van der Waals surface area contributed by atoms with E-state index in [2.05, 4.69) is 15.9 Å². The zero-order chi connectivity index (χ0) is 12.3. The lowest BCUT2D eigenvalue weighted by atomic mass is 10.2. The van der Waals surface area contributed by atoms with Crippen LogP contribution in [0.3, 0.4) is 0 Å². The second kappa shape index (κ2) is 5.03. The Morgan fingerprint density at radius 3 is 2.75 bits per heavy atom. The average molecular weight is 294 g/mol. The van der Waals surface area contributed by atoms with Crippen LogP contribution in [0.4, 0.5) is 9.59 Å². The lowest BCUT2D eigenvalue weighted by Crippen LogP contribution is -2.42. The first-order chi connectivity index (χ1) is 7.35. The second-order valence-corrected chi connectivity index (χ2v) is 5.35. The fraction of sp³-hybridized carbons (Fsp3) is 0.800. The highest BCUT2D eigenvalue weighted by Crippen LogP contribution is 2.20. The minimum Gasteiger partial charge on any atom is -0.447 e. The average Bonchev–Trinajstić information content (AvgIpc) is 2.44. The Morgan fingerprint density at radius 2 is 2.25 bits per heavy atom. The van der Waals surface area contributed by atoms with Crippen molar-refractivity contribution in [3.8, 4) is 0 Å². The SMILES string of the molecule is CC(C)(C)OC(=O)N1C(=O)OC[C@H]1CCBr. The van der Waals surface area contributed by atoms with Crippen molar-refractivity contribution in [2.24, 2.45) is 0 Å². The van der Waals surface area contributed by atoms with Crippen LogP contribution in [0.5, 0.6) is 0 Å². The number of amides is 2. The van der Waals surface area contributed by atoms with E-state index in [1.54, 1.807) is 20.8 Å². The maximum atomic E-state index is 11.7. The highest BCUT2D eigenvalue weighted by molar-refractivity contribution is 9.09. The molecule has 92 valence electrons. The Kier molecular flexibility index (Phi) is 4.18. The van der Waals surface area contributed by atoms with Crippen molar-refractivity contribution in [3.05, 3.63) is 0 Å². The van der Waals surface area contributed by atoms with Gasteiger partial charge in [0.15, 0.2) is 0 Å². The van der Waals surface area contributed by atoms with Crippen molar-refractivity contribution in [3.63, 3.8) is 0 Å². The van der Waals surface area contributed by atoms with Gasteiger partial charge in [0.2, 0.25) is 0 Å². The van der Waals surface area contributed by atoms with E-state index in [0.717, 1.165) is 4.90 Å². The van der Waals surface area contributed by atoms with E-state index in [9.17, 15) is 9.59 Å². The van der Waals surface area contributed by atoms with E-state index in [1.165, 1.54) is 0 Å². The predicted molar refractivity (Wildman–Crippen MR) is 61.6 cm³/mol. The number of alkyl halides is 1. The van der Waals surface area contributed by atoms with E-state index in [-0.39, 0.29) is 12.6 Å². The van der Waals surface area contributed by atoms with Gasteiger partial charge in [-0.25, -0.2) is 14.5 Å². The van der Waals surface area contributed by atoms with Crippen LogP contribution in [0.15, 0.2) is 0 Å². The summed E-state index contributed by atoms with van der Waals surface area (Å²) in [6.07, 6.45) is -0.605. The van der Waals surface area contributed by atoms with Gasteiger partial charge in [-0.1, -0.05) is 15.9 Å². The van der Waals surface area contributed by atoms with Crippen LogP contribution in [0.2, 0.25) is 0 Å². The number of nitrogens with zero attached hydrogens (tertiary/aromatic N) is 1. The normalized spacial score (nSPS) is 20.9. The molecule has 1 rings (SSSR count). The van der Waals surface area contributed by atoms with Gasteiger partial charge in [0, 0.05) is 5.33 Å². The molecule has 0 radical (unpaired) electrons. The molecule has 0 aromatic carbocycles. The van der Waals surface area contributed by atoms with Crippen LogP contribution in [-0.4, -0.2) is 40.7 Å². The predicted octanol–water partition coefficient (Wildman–Crippen LogP) is 2.53. The summed E-state index contributed by atoms with van der Waals surface area (Å²) in [5.41, 5.74) is -0.612. The lowest BCUT2D eigenvalue weighted by Gasteiger charge is -2.24. The van der Waals surface area contributed by atoms with Crippen LogP contribution in [0, 0.1) is 0 Å². The Bertz CT molecular complexity index is 287. The second-order valence-electron chi connectivity index (χ2n) is 4.56. The molecule has 1 saturated heterocycles. The summed E-state index contributed by atoms with van der Waals surface area (Å²) in [7, 11) is 0. The fourth-order valence-electron chi connectivity index (χ4n) is 1.33. The quantitative estimate of drug-likeness (QED) is 0.734. The number of hydrogen-bond donors (Lipinski definition) is 0. The first-order valence-corrected chi connectivity index (χ1v) is 6.22. The molecule has 1 aliphatic heterocycles. The minimum atomic E-state index is -0.638. The number of ether oxygens (including phenoxy) is 2. The van der Waals surface area contributed by atoms with Gasteiger partial charge in [-0.3, -0.25) is 0 Å². The number of halogens is 1. The first-order valence-electron chi connectivity index (χ1n) is 5.10. The van der Waals surface area contributed by atoms with Crippen LogP contribution >= 0.6 is 15.9 Å². The molecular formula is C10H16BrNO4. The number of hydrogen-bond acceptors (Lipinski definition) is 4. The summed E-state index contributed by atoms with van der Waals surface area (Å²) in [6, 6.07) is -0.235. The Labute approximate surface area is 103 Å². The minimum absolute atomic E-state index is 0.235. The van der Waals surface area contributed by atoms with Crippen molar-refractivity contribution in [2.75, 3.05) is 11.9 Å². The molecule has 0 aromatic rings. The van der Waals surface area contributed by atoms with Gasteiger partial charge in [0.05, 0.1) is 6.04 Å². The zero-order valence-corrected chi connectivity index (χ0v) is 11.2. The Hall–Kier alpha value is -0.780. The Balaban J connectivity index is 2.68. The summed E-state index contributed by atoms with van der Waals surface area (Å²) in [5, 5.41) is 0.702. The van der Waals surface area contributed by atoms with Crippen LogP contribution in [0.1, 0.15) is 27.2 Å². The molecular weight excluding hydrogens is 278 g/mol. The highest BCUT2D eigenvalue weighted by Gasteiger charge is 2.39. The molecule has 0 N–H and O–H groups in total. The standard InChI is InChI=1S/C10H16BrNO4/c1-10(2,3)16-9(14)12-7(4-5-11)6-15-8(12)13/h7H,4-6H2,1-3H3/t7-/m1/s1. The number of carbonyl (C=O) groups is 2. The van der Waals surface area contributed by atoms with Crippen LogP contribution in [0.25, 0.3) is 0 Å². The molecule has 1 fully saturated rings. The summed E-state index contributed by atoms with van der Waals surface area (Å²) < 4.78 is 9.97.